The molecule has 1 heterocycles. The van der Waals surface area contributed by atoms with Crippen LogP contribution in [-0.2, 0) is 6.54 Å². The average Bonchev–Trinajstić information content (AvgIpc) is 3.28. The van der Waals surface area contributed by atoms with Crippen LogP contribution in [0.15, 0.2) is 59.5 Å². The van der Waals surface area contributed by atoms with Crippen molar-refractivity contribution >= 4 is 17.5 Å². The number of anilines is 1. The van der Waals surface area contributed by atoms with Gasteiger partial charge in [0.2, 0.25) is 0 Å². The predicted molar refractivity (Wildman–Crippen MR) is 106 cm³/mol. The van der Waals surface area contributed by atoms with Gasteiger partial charge in [0, 0.05) is 19.2 Å². The van der Waals surface area contributed by atoms with E-state index in [1.807, 2.05) is 30.3 Å². The van der Waals surface area contributed by atoms with Crippen LogP contribution in [0.4, 0.5) is 5.69 Å². The number of carbonyl (C=O) groups excluding carboxylic acids is 2. The molecule has 0 bridgehead atoms. The number of amides is 2. The molecule has 3 rings (SSSR count). The molecule has 2 aromatic carbocycles. The van der Waals surface area contributed by atoms with Crippen LogP contribution in [0.5, 0.6) is 11.5 Å². The van der Waals surface area contributed by atoms with Crippen molar-refractivity contribution in [1.82, 2.24) is 9.88 Å². The lowest BCUT2D eigenvalue weighted by molar-refractivity contribution is 0.0784. The number of rotatable bonds is 7. The first-order valence-electron chi connectivity index (χ1n) is 8.78. The highest BCUT2D eigenvalue weighted by molar-refractivity contribution is 6.05. The van der Waals surface area contributed by atoms with E-state index in [9.17, 15) is 9.59 Å². The summed E-state index contributed by atoms with van der Waals surface area (Å²) < 4.78 is 15.6. The van der Waals surface area contributed by atoms with Gasteiger partial charge in [-0.2, -0.15) is 0 Å². The average molecular weight is 395 g/mol. The second-order valence-electron chi connectivity index (χ2n) is 6.23. The van der Waals surface area contributed by atoms with Gasteiger partial charge in [-0.15, -0.1) is 0 Å². The van der Waals surface area contributed by atoms with Gasteiger partial charge in [0.1, 0.15) is 6.26 Å². The Morgan fingerprint density at radius 3 is 2.52 bits per heavy atom. The lowest BCUT2D eigenvalue weighted by Gasteiger charge is -2.20. The minimum Gasteiger partial charge on any atom is -0.493 e. The fourth-order valence-electron chi connectivity index (χ4n) is 2.84. The van der Waals surface area contributed by atoms with Crippen molar-refractivity contribution in [3.63, 3.8) is 0 Å². The number of aromatic nitrogens is 1. The molecule has 0 saturated heterocycles. The molecule has 0 saturated carbocycles. The zero-order valence-corrected chi connectivity index (χ0v) is 16.3. The molecule has 0 radical (unpaired) electrons. The molecule has 8 heteroatoms. The monoisotopic (exact) mass is 395 g/mol. The van der Waals surface area contributed by atoms with Gasteiger partial charge in [0.15, 0.2) is 23.6 Å². The number of hydrogen-bond donors (Lipinski definition) is 1. The minimum atomic E-state index is -0.499. The Balaban J connectivity index is 1.90. The lowest BCUT2D eigenvalue weighted by atomic mass is 10.1. The summed E-state index contributed by atoms with van der Waals surface area (Å²) in [5, 5.41) is 2.69. The molecule has 8 nitrogen and oxygen atoms in total. The molecule has 0 atom stereocenters. The van der Waals surface area contributed by atoms with Gasteiger partial charge in [-0.25, -0.2) is 4.98 Å². The zero-order valence-electron chi connectivity index (χ0n) is 16.3. The Kier molecular flexibility index (Phi) is 6.13. The van der Waals surface area contributed by atoms with E-state index in [1.54, 1.807) is 24.1 Å². The zero-order chi connectivity index (χ0) is 20.8. The Labute approximate surface area is 168 Å². The Morgan fingerprint density at radius 2 is 1.90 bits per heavy atom. The van der Waals surface area contributed by atoms with Gasteiger partial charge in [-0.3, -0.25) is 9.59 Å². The first-order valence-corrected chi connectivity index (χ1v) is 8.78. The summed E-state index contributed by atoms with van der Waals surface area (Å²) in [6, 6.07) is 12.8. The third-order valence-corrected chi connectivity index (χ3v) is 4.25. The van der Waals surface area contributed by atoms with Crippen molar-refractivity contribution in [2.75, 3.05) is 26.6 Å². The normalized spacial score (nSPS) is 10.3. The van der Waals surface area contributed by atoms with Gasteiger partial charge >= 0.3 is 0 Å². The Hall–Kier alpha value is -3.81. The number of methoxy groups -OCH3 is 2. The first-order chi connectivity index (χ1) is 14.0. The molecule has 0 fully saturated rings. The van der Waals surface area contributed by atoms with E-state index in [4.69, 9.17) is 13.9 Å². The quantitative estimate of drug-likeness (QED) is 0.660. The van der Waals surface area contributed by atoms with Crippen LogP contribution in [0.1, 0.15) is 26.4 Å². The lowest BCUT2D eigenvalue weighted by Crippen LogP contribution is -2.26. The van der Waals surface area contributed by atoms with E-state index < -0.39 is 5.91 Å². The number of oxazole rings is 1. The molecule has 1 N–H and O–H groups in total. The Morgan fingerprint density at radius 1 is 1.14 bits per heavy atom. The fourth-order valence-corrected chi connectivity index (χ4v) is 2.84. The summed E-state index contributed by atoms with van der Waals surface area (Å²) in [6.45, 7) is 0.439. The van der Waals surface area contributed by atoms with E-state index in [0.29, 0.717) is 23.6 Å². The molecular formula is C21H21N3O5. The summed E-state index contributed by atoms with van der Waals surface area (Å²) in [5.41, 5.74) is 1.74. The number of carbonyl (C=O) groups is 2. The molecule has 3 aromatic rings. The van der Waals surface area contributed by atoms with Gasteiger partial charge in [-0.05, 0) is 17.7 Å². The predicted octanol–water partition coefficient (Wildman–Crippen LogP) is 3.22. The van der Waals surface area contributed by atoms with Crippen LogP contribution in [-0.4, -0.2) is 43.0 Å². The number of nitrogens with zero attached hydrogens (tertiary/aromatic N) is 2. The molecule has 0 aliphatic heterocycles. The van der Waals surface area contributed by atoms with Crippen molar-refractivity contribution in [2.24, 2.45) is 0 Å². The maximum absolute atomic E-state index is 13.0. The summed E-state index contributed by atoms with van der Waals surface area (Å²) in [6.07, 6.45) is 2.38. The number of ether oxygens (including phenoxy) is 2. The van der Waals surface area contributed by atoms with Crippen molar-refractivity contribution in [3.8, 4) is 11.5 Å². The minimum absolute atomic E-state index is 0.101. The van der Waals surface area contributed by atoms with Crippen LogP contribution in [0.25, 0.3) is 0 Å². The van der Waals surface area contributed by atoms with Crippen LogP contribution in [0.2, 0.25) is 0 Å². The summed E-state index contributed by atoms with van der Waals surface area (Å²) in [7, 11) is 4.62. The van der Waals surface area contributed by atoms with E-state index in [0.717, 1.165) is 12.0 Å². The SMILES string of the molecule is COc1cc(C(=O)N(C)Cc2ccccc2)cc(NC(=O)c2cocn2)c1OC. The van der Waals surface area contributed by atoms with Gasteiger partial charge in [-0.1, -0.05) is 30.3 Å². The van der Waals surface area contributed by atoms with Crippen molar-refractivity contribution in [1.29, 1.82) is 0 Å². The highest BCUT2D eigenvalue weighted by Crippen LogP contribution is 2.37. The largest absolute Gasteiger partial charge is 0.493 e. The molecule has 0 spiro atoms. The van der Waals surface area contributed by atoms with Crippen LogP contribution in [0.3, 0.4) is 0 Å². The molecule has 0 aliphatic carbocycles. The van der Waals surface area contributed by atoms with Gasteiger partial charge < -0.3 is 24.1 Å². The third kappa shape index (κ3) is 4.55. The molecular weight excluding hydrogens is 374 g/mol. The molecule has 1 aromatic heterocycles. The number of nitrogens with one attached hydrogen (secondary N) is 1. The second-order valence-corrected chi connectivity index (χ2v) is 6.23. The van der Waals surface area contributed by atoms with Crippen LogP contribution < -0.4 is 14.8 Å². The summed E-state index contributed by atoms with van der Waals surface area (Å²) in [5.74, 6) is -0.110. The van der Waals surface area contributed by atoms with Crippen LogP contribution in [0, 0.1) is 0 Å². The summed E-state index contributed by atoms with van der Waals surface area (Å²) >= 11 is 0. The van der Waals surface area contributed by atoms with E-state index >= 15 is 0 Å². The number of benzene rings is 2. The first kappa shape index (κ1) is 19.9. The molecule has 0 unspecified atom stereocenters. The molecule has 29 heavy (non-hydrogen) atoms. The topological polar surface area (TPSA) is 93.9 Å². The molecule has 2 amide bonds. The van der Waals surface area contributed by atoms with E-state index in [-0.39, 0.29) is 17.3 Å². The Bertz CT molecular complexity index is 987. The molecule has 0 aliphatic rings. The molecule has 150 valence electrons. The third-order valence-electron chi connectivity index (χ3n) is 4.25. The summed E-state index contributed by atoms with van der Waals surface area (Å²) in [4.78, 5) is 30.7. The maximum Gasteiger partial charge on any atom is 0.277 e. The smallest absolute Gasteiger partial charge is 0.277 e. The van der Waals surface area contributed by atoms with Crippen molar-refractivity contribution in [2.45, 2.75) is 6.54 Å². The van der Waals surface area contributed by atoms with E-state index in [2.05, 4.69) is 10.3 Å². The highest BCUT2D eigenvalue weighted by Gasteiger charge is 2.21. The standard InChI is InChI=1S/C21H21N3O5/c1-24(11-14-7-5-4-6-8-14)21(26)15-9-16(19(28-3)18(10-15)27-2)23-20(25)17-12-29-13-22-17/h4-10,12-13H,11H2,1-3H3,(H,23,25). The van der Waals surface area contributed by atoms with E-state index in [1.165, 1.54) is 20.5 Å². The van der Waals surface area contributed by atoms with Crippen molar-refractivity contribution in [3.05, 3.63) is 71.9 Å². The van der Waals surface area contributed by atoms with Crippen molar-refractivity contribution < 1.29 is 23.5 Å². The second kappa shape index (κ2) is 8.92. The fraction of sp³-hybridized carbons (Fsp3) is 0.190. The maximum atomic E-state index is 13.0. The van der Waals surface area contributed by atoms with Gasteiger partial charge in [0.25, 0.3) is 11.8 Å². The van der Waals surface area contributed by atoms with Crippen LogP contribution >= 0.6 is 0 Å². The number of hydrogen-bond acceptors (Lipinski definition) is 6. The van der Waals surface area contributed by atoms with Gasteiger partial charge in [0.05, 0.1) is 19.9 Å². The highest BCUT2D eigenvalue weighted by atomic mass is 16.5.